The highest BCUT2D eigenvalue weighted by atomic mass is 16.1. The van der Waals surface area contributed by atoms with Gasteiger partial charge >= 0.3 is 0 Å². The third-order valence-electron chi connectivity index (χ3n) is 3.68. The van der Waals surface area contributed by atoms with Crippen molar-refractivity contribution in [1.82, 2.24) is 4.57 Å². The summed E-state index contributed by atoms with van der Waals surface area (Å²) in [4.78, 5) is 12.4. The standard InChI is InChI=1S/C17H16N2O.2C2H6/c1-19-15(11-18)16(12-7-3-2-4-8-12)13-9-5-6-10-14(13)17(19)20;2*1-2/h2-10H,11,18H2,1H3;2*1-2H3. The minimum Gasteiger partial charge on any atom is -0.325 e. The summed E-state index contributed by atoms with van der Waals surface area (Å²) in [5, 5.41) is 1.69. The molecule has 1 heterocycles. The van der Waals surface area contributed by atoms with Crippen LogP contribution in [0.1, 0.15) is 33.4 Å². The first kappa shape index (κ1) is 19.7. The Balaban J connectivity index is 0.000000671. The molecule has 0 aliphatic rings. The first-order chi connectivity index (χ1) is 11.7. The van der Waals surface area contributed by atoms with E-state index in [0.29, 0.717) is 6.54 Å². The molecule has 0 saturated carbocycles. The zero-order valence-corrected chi connectivity index (χ0v) is 15.3. The van der Waals surface area contributed by atoms with Gasteiger partial charge in [-0.3, -0.25) is 4.79 Å². The number of rotatable bonds is 2. The second-order valence-corrected chi connectivity index (χ2v) is 4.80. The Hall–Kier alpha value is -2.39. The molecule has 3 heteroatoms. The predicted octanol–water partition coefficient (Wildman–Crippen LogP) is 4.72. The fourth-order valence-corrected chi connectivity index (χ4v) is 2.68. The van der Waals surface area contributed by atoms with E-state index in [1.165, 1.54) is 0 Å². The van der Waals surface area contributed by atoms with Crippen LogP contribution in [0.5, 0.6) is 0 Å². The summed E-state index contributed by atoms with van der Waals surface area (Å²) in [5.41, 5.74) is 8.88. The lowest BCUT2D eigenvalue weighted by atomic mass is 9.97. The van der Waals surface area contributed by atoms with Crippen LogP contribution in [0.3, 0.4) is 0 Å². The summed E-state index contributed by atoms with van der Waals surface area (Å²) in [6.45, 7) is 8.33. The predicted molar refractivity (Wildman–Crippen MR) is 105 cm³/mol. The zero-order chi connectivity index (χ0) is 18.1. The van der Waals surface area contributed by atoms with Gasteiger partial charge in [-0.2, -0.15) is 0 Å². The number of benzene rings is 2. The molecule has 0 atom stereocenters. The van der Waals surface area contributed by atoms with Crippen molar-refractivity contribution in [3.63, 3.8) is 0 Å². The van der Waals surface area contributed by atoms with E-state index in [0.717, 1.165) is 27.6 Å². The molecule has 0 aliphatic carbocycles. The molecule has 3 nitrogen and oxygen atoms in total. The molecule has 3 rings (SSSR count). The first-order valence-electron chi connectivity index (χ1n) is 8.60. The van der Waals surface area contributed by atoms with Crippen molar-refractivity contribution in [1.29, 1.82) is 0 Å². The topological polar surface area (TPSA) is 48.0 Å². The van der Waals surface area contributed by atoms with Gasteiger partial charge in [0.1, 0.15) is 0 Å². The van der Waals surface area contributed by atoms with Gasteiger partial charge in [0, 0.05) is 30.2 Å². The van der Waals surface area contributed by atoms with E-state index >= 15 is 0 Å². The Bertz CT molecular complexity index is 820. The fraction of sp³-hybridized carbons (Fsp3) is 0.286. The number of pyridine rings is 1. The van der Waals surface area contributed by atoms with Crippen molar-refractivity contribution >= 4 is 10.8 Å². The second kappa shape index (κ2) is 9.68. The number of fused-ring (bicyclic) bond motifs is 1. The van der Waals surface area contributed by atoms with Gasteiger partial charge in [0.2, 0.25) is 0 Å². The number of nitrogens with zero attached hydrogens (tertiary/aromatic N) is 1. The van der Waals surface area contributed by atoms with Gasteiger partial charge in [0.15, 0.2) is 0 Å². The molecule has 24 heavy (non-hydrogen) atoms. The minimum absolute atomic E-state index is 0.000677. The van der Waals surface area contributed by atoms with Crippen LogP contribution in [-0.2, 0) is 13.6 Å². The largest absolute Gasteiger partial charge is 0.325 e. The van der Waals surface area contributed by atoms with Gasteiger partial charge in [-0.15, -0.1) is 0 Å². The van der Waals surface area contributed by atoms with Gasteiger partial charge in [0.25, 0.3) is 5.56 Å². The van der Waals surface area contributed by atoms with Crippen molar-refractivity contribution in [3.05, 3.63) is 70.6 Å². The molecule has 2 aromatic carbocycles. The van der Waals surface area contributed by atoms with Crippen LogP contribution in [0.2, 0.25) is 0 Å². The molecule has 1 aromatic heterocycles. The average molecular weight is 324 g/mol. The van der Waals surface area contributed by atoms with Crippen LogP contribution in [-0.4, -0.2) is 4.57 Å². The van der Waals surface area contributed by atoms with Crippen molar-refractivity contribution in [2.24, 2.45) is 12.8 Å². The minimum atomic E-state index is 0.000677. The molecule has 0 unspecified atom stereocenters. The van der Waals surface area contributed by atoms with E-state index in [1.807, 2.05) is 82.3 Å². The molecule has 0 radical (unpaired) electrons. The first-order valence-corrected chi connectivity index (χ1v) is 8.60. The zero-order valence-electron chi connectivity index (χ0n) is 15.3. The van der Waals surface area contributed by atoms with Crippen molar-refractivity contribution in [2.75, 3.05) is 0 Å². The fourth-order valence-electron chi connectivity index (χ4n) is 2.68. The second-order valence-electron chi connectivity index (χ2n) is 4.80. The van der Waals surface area contributed by atoms with Crippen molar-refractivity contribution in [2.45, 2.75) is 34.2 Å². The van der Waals surface area contributed by atoms with Gasteiger partial charge in [-0.1, -0.05) is 76.2 Å². The maximum absolute atomic E-state index is 12.4. The van der Waals surface area contributed by atoms with Crippen molar-refractivity contribution < 1.29 is 0 Å². The third-order valence-corrected chi connectivity index (χ3v) is 3.68. The molecule has 0 fully saturated rings. The number of aromatic nitrogens is 1. The third kappa shape index (κ3) is 3.74. The average Bonchev–Trinajstić information content (AvgIpc) is 2.68. The van der Waals surface area contributed by atoms with E-state index in [2.05, 4.69) is 0 Å². The lowest BCUT2D eigenvalue weighted by molar-refractivity contribution is 0.785. The Morgan fingerprint density at radius 2 is 1.33 bits per heavy atom. The summed E-state index contributed by atoms with van der Waals surface area (Å²) in [7, 11) is 1.78. The monoisotopic (exact) mass is 324 g/mol. The van der Waals surface area contributed by atoms with E-state index in [1.54, 1.807) is 11.6 Å². The summed E-state index contributed by atoms with van der Waals surface area (Å²) in [6.07, 6.45) is 0. The molecule has 0 amide bonds. The summed E-state index contributed by atoms with van der Waals surface area (Å²) < 4.78 is 1.66. The molecule has 0 aliphatic heterocycles. The summed E-state index contributed by atoms with van der Waals surface area (Å²) in [6, 6.07) is 17.8. The molecule has 3 aromatic rings. The van der Waals surface area contributed by atoms with E-state index in [4.69, 9.17) is 5.73 Å². The van der Waals surface area contributed by atoms with Crippen molar-refractivity contribution in [3.8, 4) is 11.1 Å². The highest BCUT2D eigenvalue weighted by molar-refractivity contribution is 5.97. The quantitative estimate of drug-likeness (QED) is 0.741. The maximum atomic E-state index is 12.4. The van der Waals surface area contributed by atoms with E-state index in [-0.39, 0.29) is 5.56 Å². The van der Waals surface area contributed by atoms with Crippen LogP contribution in [0.25, 0.3) is 21.9 Å². The highest BCUT2D eigenvalue weighted by Crippen LogP contribution is 2.29. The Labute approximate surface area is 144 Å². The number of nitrogens with two attached hydrogens (primary N) is 1. The van der Waals surface area contributed by atoms with Gasteiger partial charge in [-0.25, -0.2) is 0 Å². The van der Waals surface area contributed by atoms with Crippen LogP contribution in [0.4, 0.5) is 0 Å². The highest BCUT2D eigenvalue weighted by Gasteiger charge is 2.14. The van der Waals surface area contributed by atoms with Crippen LogP contribution in [0, 0.1) is 0 Å². The molecule has 0 saturated heterocycles. The molecule has 0 spiro atoms. The molecule has 2 N–H and O–H groups in total. The molecule has 128 valence electrons. The molecular weight excluding hydrogens is 296 g/mol. The normalized spacial score (nSPS) is 9.58. The van der Waals surface area contributed by atoms with E-state index < -0.39 is 0 Å². The smallest absolute Gasteiger partial charge is 0.258 e. The van der Waals surface area contributed by atoms with Gasteiger partial charge in [0.05, 0.1) is 0 Å². The summed E-state index contributed by atoms with van der Waals surface area (Å²) >= 11 is 0. The summed E-state index contributed by atoms with van der Waals surface area (Å²) in [5.74, 6) is 0. The molecular formula is C21H28N2O. The number of hydrogen-bond donors (Lipinski definition) is 1. The Morgan fingerprint density at radius 3 is 1.88 bits per heavy atom. The SMILES string of the molecule is CC.CC.Cn1c(CN)c(-c2ccccc2)c2ccccc2c1=O. The maximum Gasteiger partial charge on any atom is 0.258 e. The lowest BCUT2D eigenvalue weighted by Crippen LogP contribution is -2.23. The van der Waals surface area contributed by atoms with E-state index in [9.17, 15) is 4.79 Å². The van der Waals surface area contributed by atoms with Crippen LogP contribution >= 0.6 is 0 Å². The lowest BCUT2D eigenvalue weighted by Gasteiger charge is -2.16. The Morgan fingerprint density at radius 1 is 0.833 bits per heavy atom. The number of hydrogen-bond acceptors (Lipinski definition) is 2. The van der Waals surface area contributed by atoms with Crippen LogP contribution in [0.15, 0.2) is 59.4 Å². The Kier molecular flexibility index (Phi) is 7.93. The van der Waals surface area contributed by atoms with Gasteiger partial charge in [-0.05, 0) is 17.0 Å². The van der Waals surface area contributed by atoms with Crippen LogP contribution < -0.4 is 11.3 Å². The van der Waals surface area contributed by atoms with Gasteiger partial charge < -0.3 is 10.3 Å². The molecule has 0 bridgehead atoms.